The fraction of sp³-hybridized carbons (Fsp3) is 0.250. The van der Waals surface area contributed by atoms with Crippen molar-refractivity contribution in [2.24, 2.45) is 0 Å². The van der Waals surface area contributed by atoms with E-state index in [0.29, 0.717) is 5.76 Å². The average molecular weight is 338 g/mol. The van der Waals surface area contributed by atoms with Crippen LogP contribution in [0.2, 0.25) is 0 Å². The van der Waals surface area contributed by atoms with Crippen LogP contribution in [0.4, 0.5) is 13.2 Å². The van der Waals surface area contributed by atoms with Gasteiger partial charge in [0.1, 0.15) is 17.4 Å². The molecule has 1 saturated heterocycles. The first kappa shape index (κ1) is 16.1. The lowest BCUT2D eigenvalue weighted by Crippen LogP contribution is -2.55. The zero-order valence-corrected chi connectivity index (χ0v) is 12.4. The van der Waals surface area contributed by atoms with Gasteiger partial charge in [-0.05, 0) is 30.3 Å². The number of alkyl halides is 3. The van der Waals surface area contributed by atoms with Crippen LogP contribution >= 0.6 is 0 Å². The minimum Gasteiger partial charge on any atom is -0.470 e. The summed E-state index contributed by atoms with van der Waals surface area (Å²) in [5.41, 5.74) is -0.924. The van der Waals surface area contributed by atoms with Crippen LogP contribution in [0.5, 0.6) is 5.88 Å². The molecule has 0 N–H and O–H groups in total. The summed E-state index contributed by atoms with van der Waals surface area (Å²) in [7, 11) is 0. The smallest absolute Gasteiger partial charge is 0.421 e. The molecule has 1 aliphatic rings. The number of hydrogen-bond acceptors (Lipinski definition) is 4. The number of nitrogens with zero attached hydrogens (tertiary/aromatic N) is 2. The molecule has 0 atom stereocenters. The van der Waals surface area contributed by atoms with Gasteiger partial charge in [-0.3, -0.25) is 4.79 Å². The molecule has 1 fully saturated rings. The number of furan rings is 1. The number of carbonyl (C=O) groups excluding carboxylic acids is 1. The molecule has 0 bridgehead atoms. The first-order chi connectivity index (χ1) is 11.4. The molecule has 5 nitrogen and oxygen atoms in total. The third-order valence-electron chi connectivity index (χ3n) is 3.45. The number of pyridine rings is 1. The molecule has 2 aromatic rings. The standard InChI is InChI=1S/C16H13F3N2O3/c17-16(18,19)13-4-1-7-20-15(13)24-12-9-21(10-12)14(22)6-5-11-3-2-8-23-11/h1-8,12H,9-10H2/b6-5+. The van der Waals surface area contributed by atoms with E-state index in [1.165, 1.54) is 35.6 Å². The molecule has 0 unspecified atom stereocenters. The number of hydrogen-bond donors (Lipinski definition) is 0. The molecular formula is C16H13F3N2O3. The molecule has 0 saturated carbocycles. The highest BCUT2D eigenvalue weighted by atomic mass is 19.4. The topological polar surface area (TPSA) is 55.6 Å². The van der Waals surface area contributed by atoms with Crippen LogP contribution in [0.15, 0.2) is 47.2 Å². The number of halogens is 3. The molecular weight excluding hydrogens is 325 g/mol. The fourth-order valence-electron chi connectivity index (χ4n) is 2.20. The Balaban J connectivity index is 1.55. The maximum absolute atomic E-state index is 12.9. The fourth-order valence-corrected chi connectivity index (χ4v) is 2.20. The first-order valence-electron chi connectivity index (χ1n) is 7.13. The van der Waals surface area contributed by atoms with Crippen molar-refractivity contribution in [2.45, 2.75) is 12.3 Å². The minimum atomic E-state index is -4.53. The summed E-state index contributed by atoms with van der Waals surface area (Å²) in [6.45, 7) is 0.407. The average Bonchev–Trinajstić information content (AvgIpc) is 3.01. The second kappa shape index (κ2) is 6.38. The monoisotopic (exact) mass is 338 g/mol. The lowest BCUT2D eigenvalue weighted by Gasteiger charge is -2.38. The van der Waals surface area contributed by atoms with Gasteiger partial charge in [0.15, 0.2) is 0 Å². The second-order valence-electron chi connectivity index (χ2n) is 5.19. The van der Waals surface area contributed by atoms with E-state index in [1.54, 1.807) is 12.1 Å². The normalized spacial score (nSPS) is 15.5. The minimum absolute atomic E-state index is 0.204. The Hall–Kier alpha value is -2.77. The van der Waals surface area contributed by atoms with Crippen molar-refractivity contribution < 1.29 is 27.1 Å². The van der Waals surface area contributed by atoms with Crippen LogP contribution in [0, 0.1) is 0 Å². The van der Waals surface area contributed by atoms with E-state index in [2.05, 4.69) is 4.98 Å². The Labute approximate surface area is 135 Å². The number of amides is 1. The van der Waals surface area contributed by atoms with Gasteiger partial charge in [0.25, 0.3) is 0 Å². The summed E-state index contributed by atoms with van der Waals surface area (Å²) < 4.78 is 48.9. The zero-order valence-electron chi connectivity index (χ0n) is 12.4. The molecule has 24 heavy (non-hydrogen) atoms. The number of ether oxygens (including phenoxy) is 1. The van der Waals surface area contributed by atoms with Gasteiger partial charge < -0.3 is 14.1 Å². The highest BCUT2D eigenvalue weighted by molar-refractivity contribution is 5.92. The summed E-state index contributed by atoms with van der Waals surface area (Å²) in [6, 6.07) is 5.51. The van der Waals surface area contributed by atoms with Crippen LogP contribution in [-0.2, 0) is 11.0 Å². The second-order valence-corrected chi connectivity index (χ2v) is 5.19. The molecule has 3 heterocycles. The van der Waals surface area contributed by atoms with Crippen molar-refractivity contribution in [3.63, 3.8) is 0 Å². The molecule has 3 rings (SSSR count). The van der Waals surface area contributed by atoms with Crippen molar-refractivity contribution in [1.82, 2.24) is 9.88 Å². The van der Waals surface area contributed by atoms with E-state index in [4.69, 9.17) is 9.15 Å². The third kappa shape index (κ3) is 3.58. The lowest BCUT2D eigenvalue weighted by atomic mass is 10.1. The molecule has 0 aromatic carbocycles. The van der Waals surface area contributed by atoms with Crippen molar-refractivity contribution >= 4 is 12.0 Å². The summed E-state index contributed by atoms with van der Waals surface area (Å²) in [5, 5.41) is 0. The maximum atomic E-state index is 12.9. The Morgan fingerprint density at radius 3 is 2.79 bits per heavy atom. The van der Waals surface area contributed by atoms with Gasteiger partial charge in [0.05, 0.1) is 19.4 Å². The Kier molecular flexibility index (Phi) is 4.28. The molecule has 0 spiro atoms. The van der Waals surface area contributed by atoms with Gasteiger partial charge in [-0.2, -0.15) is 13.2 Å². The predicted molar refractivity (Wildman–Crippen MR) is 78.0 cm³/mol. The Morgan fingerprint density at radius 1 is 1.33 bits per heavy atom. The quantitative estimate of drug-likeness (QED) is 0.804. The SMILES string of the molecule is O=C(/C=C/c1ccco1)N1CC(Oc2ncccc2C(F)(F)F)C1. The molecule has 1 amide bonds. The molecule has 1 aliphatic heterocycles. The summed E-state index contributed by atoms with van der Waals surface area (Å²) in [5.74, 6) is -0.184. The van der Waals surface area contributed by atoms with Gasteiger partial charge >= 0.3 is 6.18 Å². The zero-order chi connectivity index (χ0) is 17.2. The predicted octanol–water partition coefficient (Wildman–Crippen LogP) is 3.00. The largest absolute Gasteiger partial charge is 0.470 e. The van der Waals surface area contributed by atoms with Crippen molar-refractivity contribution in [3.05, 3.63) is 54.1 Å². The number of likely N-dealkylation sites (tertiary alicyclic amines) is 1. The highest BCUT2D eigenvalue weighted by Gasteiger charge is 2.38. The third-order valence-corrected chi connectivity index (χ3v) is 3.45. The summed E-state index contributed by atoms with van der Waals surface area (Å²) in [4.78, 5) is 17.0. The van der Waals surface area contributed by atoms with E-state index in [1.807, 2.05) is 0 Å². The Bertz CT molecular complexity index is 735. The van der Waals surface area contributed by atoms with E-state index in [9.17, 15) is 18.0 Å². The van der Waals surface area contributed by atoms with Crippen LogP contribution in [-0.4, -0.2) is 35.0 Å². The first-order valence-corrected chi connectivity index (χ1v) is 7.13. The van der Waals surface area contributed by atoms with Gasteiger partial charge in [0.2, 0.25) is 11.8 Å². The Morgan fingerprint density at radius 2 is 2.12 bits per heavy atom. The molecule has 8 heteroatoms. The van der Waals surface area contributed by atoms with E-state index < -0.39 is 23.7 Å². The van der Waals surface area contributed by atoms with E-state index in [0.717, 1.165) is 6.07 Å². The highest BCUT2D eigenvalue weighted by Crippen LogP contribution is 2.35. The van der Waals surface area contributed by atoms with E-state index in [-0.39, 0.29) is 19.0 Å². The van der Waals surface area contributed by atoms with E-state index >= 15 is 0 Å². The summed E-state index contributed by atoms with van der Waals surface area (Å²) in [6.07, 6.45) is 0.547. The van der Waals surface area contributed by atoms with Crippen LogP contribution < -0.4 is 4.74 Å². The van der Waals surface area contributed by atoms with Crippen LogP contribution in [0.25, 0.3) is 6.08 Å². The van der Waals surface area contributed by atoms with Crippen LogP contribution in [0.1, 0.15) is 11.3 Å². The van der Waals surface area contributed by atoms with Crippen molar-refractivity contribution in [3.8, 4) is 5.88 Å². The van der Waals surface area contributed by atoms with Gasteiger partial charge in [-0.15, -0.1) is 0 Å². The van der Waals surface area contributed by atoms with Gasteiger partial charge in [0, 0.05) is 12.3 Å². The van der Waals surface area contributed by atoms with Gasteiger partial charge in [-0.25, -0.2) is 4.98 Å². The van der Waals surface area contributed by atoms with Crippen molar-refractivity contribution in [2.75, 3.05) is 13.1 Å². The van der Waals surface area contributed by atoms with Crippen molar-refractivity contribution in [1.29, 1.82) is 0 Å². The lowest BCUT2D eigenvalue weighted by molar-refractivity contribution is -0.143. The van der Waals surface area contributed by atoms with Crippen LogP contribution in [0.3, 0.4) is 0 Å². The number of rotatable bonds is 4. The number of aromatic nitrogens is 1. The molecule has 0 aliphatic carbocycles. The molecule has 126 valence electrons. The number of carbonyl (C=O) groups is 1. The molecule has 0 radical (unpaired) electrons. The summed E-state index contributed by atoms with van der Waals surface area (Å²) >= 11 is 0. The molecule has 2 aromatic heterocycles. The van der Waals surface area contributed by atoms with Gasteiger partial charge in [-0.1, -0.05) is 0 Å². The maximum Gasteiger partial charge on any atom is 0.421 e.